The first-order valence-electron chi connectivity index (χ1n) is 9.73. The molecule has 30 heavy (non-hydrogen) atoms. The van der Waals surface area contributed by atoms with Gasteiger partial charge in [0.2, 0.25) is 5.88 Å². The molecule has 1 amide bonds. The van der Waals surface area contributed by atoms with Gasteiger partial charge in [0.1, 0.15) is 11.3 Å². The van der Waals surface area contributed by atoms with Crippen LogP contribution in [0.1, 0.15) is 50.4 Å². The first kappa shape index (κ1) is 19.6. The number of carbonyl (C=O) groups is 2. The Morgan fingerprint density at radius 2 is 1.97 bits per heavy atom. The summed E-state index contributed by atoms with van der Waals surface area (Å²) < 4.78 is 5.81. The first-order chi connectivity index (χ1) is 14.4. The highest BCUT2D eigenvalue weighted by molar-refractivity contribution is 6.06. The second-order valence-electron chi connectivity index (χ2n) is 7.32. The molecule has 3 aromatic rings. The monoisotopic (exact) mass is 403 g/mol. The minimum atomic E-state index is -0.595. The van der Waals surface area contributed by atoms with Crippen molar-refractivity contribution in [1.29, 1.82) is 0 Å². The number of H-pyrrole nitrogens is 1. The maximum absolute atomic E-state index is 12.6. The average molecular weight is 403 g/mol. The molecule has 2 aromatic heterocycles. The molecule has 2 N–H and O–H groups in total. The lowest BCUT2D eigenvalue weighted by molar-refractivity contribution is 0.0971. The van der Waals surface area contributed by atoms with Gasteiger partial charge in [-0.25, -0.2) is 4.98 Å². The van der Waals surface area contributed by atoms with Gasteiger partial charge < -0.3 is 15.0 Å². The van der Waals surface area contributed by atoms with Crippen molar-refractivity contribution in [3.05, 3.63) is 80.9 Å². The van der Waals surface area contributed by atoms with Crippen LogP contribution in [-0.2, 0) is 6.42 Å². The van der Waals surface area contributed by atoms with Gasteiger partial charge in [0.25, 0.3) is 11.5 Å². The predicted octanol–water partition coefficient (Wildman–Crippen LogP) is 3.95. The van der Waals surface area contributed by atoms with Gasteiger partial charge in [-0.3, -0.25) is 14.4 Å². The number of nitrogens with zero attached hydrogens (tertiary/aromatic N) is 1. The number of Topliss-reactive ketones (excluding diaryl/α,β-unsaturated/α-hetero) is 1. The number of pyridine rings is 2. The smallest absolute Gasteiger partial charge is 0.261 e. The number of carbonyl (C=O) groups excluding carboxylic acids is 2. The van der Waals surface area contributed by atoms with Gasteiger partial charge in [-0.05, 0) is 56.0 Å². The summed E-state index contributed by atoms with van der Waals surface area (Å²) >= 11 is 0. The Bertz CT molecular complexity index is 1200. The SMILES string of the molecule is Cc1cccc(Oc2ccc(NC(=O)c3cc4c([nH]c3=O)CCCC4=O)cn2)c1C. The van der Waals surface area contributed by atoms with Crippen LogP contribution in [0, 0.1) is 13.8 Å². The third-order valence-electron chi connectivity index (χ3n) is 5.26. The van der Waals surface area contributed by atoms with Crippen molar-refractivity contribution in [2.45, 2.75) is 33.1 Å². The summed E-state index contributed by atoms with van der Waals surface area (Å²) in [5, 5.41) is 2.64. The van der Waals surface area contributed by atoms with E-state index in [1.165, 1.54) is 12.3 Å². The van der Waals surface area contributed by atoms with Crippen molar-refractivity contribution in [2.24, 2.45) is 0 Å². The molecular formula is C23H21N3O4. The van der Waals surface area contributed by atoms with Crippen molar-refractivity contribution >= 4 is 17.4 Å². The van der Waals surface area contributed by atoms with Crippen LogP contribution in [0.4, 0.5) is 5.69 Å². The third-order valence-corrected chi connectivity index (χ3v) is 5.26. The number of anilines is 1. The largest absolute Gasteiger partial charge is 0.439 e. The number of aromatic amines is 1. The van der Waals surface area contributed by atoms with E-state index in [1.54, 1.807) is 12.1 Å². The molecule has 7 heteroatoms. The van der Waals surface area contributed by atoms with E-state index in [0.29, 0.717) is 47.8 Å². The summed E-state index contributed by atoms with van der Waals surface area (Å²) in [6.07, 6.45) is 3.21. The van der Waals surface area contributed by atoms with Gasteiger partial charge in [0.05, 0.1) is 11.9 Å². The summed E-state index contributed by atoms with van der Waals surface area (Å²) in [5.74, 6) is 0.446. The fourth-order valence-corrected chi connectivity index (χ4v) is 3.40. The molecule has 0 fully saturated rings. The van der Waals surface area contributed by atoms with E-state index in [2.05, 4.69) is 15.3 Å². The van der Waals surface area contributed by atoms with E-state index >= 15 is 0 Å². The van der Waals surface area contributed by atoms with Crippen LogP contribution in [0.25, 0.3) is 0 Å². The number of nitrogens with one attached hydrogen (secondary N) is 2. The number of benzene rings is 1. The zero-order valence-corrected chi connectivity index (χ0v) is 16.7. The molecule has 7 nitrogen and oxygen atoms in total. The van der Waals surface area contributed by atoms with Crippen LogP contribution in [0.3, 0.4) is 0 Å². The molecule has 0 unspecified atom stereocenters. The number of aryl methyl sites for hydroxylation is 2. The lowest BCUT2D eigenvalue weighted by atomic mass is 9.93. The van der Waals surface area contributed by atoms with Crippen LogP contribution in [0.2, 0.25) is 0 Å². The number of fused-ring (bicyclic) bond motifs is 1. The third kappa shape index (κ3) is 3.87. The minimum Gasteiger partial charge on any atom is -0.439 e. The van der Waals surface area contributed by atoms with E-state index in [4.69, 9.17) is 4.74 Å². The van der Waals surface area contributed by atoms with E-state index in [0.717, 1.165) is 11.1 Å². The second kappa shape index (κ2) is 7.94. The number of ether oxygens (including phenoxy) is 1. The molecule has 0 saturated heterocycles. The molecule has 152 valence electrons. The first-order valence-corrected chi connectivity index (χ1v) is 9.73. The topological polar surface area (TPSA) is 101 Å². The lowest BCUT2D eigenvalue weighted by Gasteiger charge is -2.15. The quantitative estimate of drug-likeness (QED) is 0.687. The van der Waals surface area contributed by atoms with Crippen LogP contribution < -0.4 is 15.6 Å². The molecule has 1 aromatic carbocycles. The Labute approximate surface area is 173 Å². The Kier molecular flexibility index (Phi) is 5.18. The highest BCUT2D eigenvalue weighted by Gasteiger charge is 2.22. The average Bonchev–Trinajstić information content (AvgIpc) is 2.72. The highest BCUT2D eigenvalue weighted by Crippen LogP contribution is 2.26. The second-order valence-corrected chi connectivity index (χ2v) is 7.32. The summed E-state index contributed by atoms with van der Waals surface area (Å²) in [5.41, 5.74) is 2.96. The molecule has 0 aliphatic heterocycles. The molecular weight excluding hydrogens is 382 g/mol. The number of rotatable bonds is 4. The number of hydrogen-bond acceptors (Lipinski definition) is 5. The molecule has 0 saturated carbocycles. The molecule has 2 heterocycles. The van der Waals surface area contributed by atoms with E-state index in [1.807, 2.05) is 32.0 Å². The van der Waals surface area contributed by atoms with Crippen molar-refractivity contribution in [3.63, 3.8) is 0 Å². The standard InChI is InChI=1S/C23H21N3O4/c1-13-5-3-8-20(14(13)2)30-21-10-9-15(12-24-21)25-22(28)17-11-16-18(26-23(17)29)6-4-7-19(16)27/h3,5,8-12H,4,6-7H2,1-2H3,(H,25,28)(H,26,29). The molecule has 0 radical (unpaired) electrons. The van der Waals surface area contributed by atoms with Crippen molar-refractivity contribution in [3.8, 4) is 11.6 Å². The summed E-state index contributed by atoms with van der Waals surface area (Å²) in [6.45, 7) is 3.98. The molecule has 0 bridgehead atoms. The van der Waals surface area contributed by atoms with Crippen LogP contribution in [-0.4, -0.2) is 21.7 Å². The minimum absolute atomic E-state index is 0.0591. The van der Waals surface area contributed by atoms with Crippen molar-refractivity contribution in [2.75, 3.05) is 5.32 Å². The molecule has 4 rings (SSSR count). The molecule has 0 atom stereocenters. The van der Waals surface area contributed by atoms with Gasteiger partial charge in [0.15, 0.2) is 5.78 Å². The number of ketones is 1. The Morgan fingerprint density at radius 3 is 2.73 bits per heavy atom. The summed E-state index contributed by atoms with van der Waals surface area (Å²) in [6, 6.07) is 10.4. The van der Waals surface area contributed by atoms with Gasteiger partial charge in [-0.15, -0.1) is 0 Å². The highest BCUT2D eigenvalue weighted by atomic mass is 16.5. The molecule has 0 spiro atoms. The van der Waals surface area contributed by atoms with Gasteiger partial charge >= 0.3 is 0 Å². The number of aromatic nitrogens is 2. The Balaban J connectivity index is 1.50. The zero-order chi connectivity index (χ0) is 21.3. The van der Waals surface area contributed by atoms with Crippen molar-refractivity contribution < 1.29 is 14.3 Å². The van der Waals surface area contributed by atoms with Gasteiger partial charge in [-0.2, -0.15) is 0 Å². The van der Waals surface area contributed by atoms with E-state index in [-0.39, 0.29) is 11.3 Å². The van der Waals surface area contributed by atoms with Crippen LogP contribution in [0.15, 0.2) is 47.4 Å². The predicted molar refractivity (Wildman–Crippen MR) is 113 cm³/mol. The maximum atomic E-state index is 12.6. The number of amides is 1. The van der Waals surface area contributed by atoms with E-state index < -0.39 is 11.5 Å². The van der Waals surface area contributed by atoms with Crippen molar-refractivity contribution in [1.82, 2.24) is 9.97 Å². The molecule has 1 aliphatic rings. The van der Waals surface area contributed by atoms with Crippen LogP contribution >= 0.6 is 0 Å². The van der Waals surface area contributed by atoms with Gasteiger partial charge in [-0.1, -0.05) is 12.1 Å². The number of hydrogen-bond donors (Lipinski definition) is 2. The maximum Gasteiger partial charge on any atom is 0.261 e. The fraction of sp³-hybridized carbons (Fsp3) is 0.217. The Hall–Kier alpha value is -3.74. The Morgan fingerprint density at radius 1 is 1.13 bits per heavy atom. The van der Waals surface area contributed by atoms with Crippen LogP contribution in [0.5, 0.6) is 11.6 Å². The lowest BCUT2D eigenvalue weighted by Crippen LogP contribution is -2.27. The summed E-state index contributed by atoms with van der Waals surface area (Å²) in [4.78, 5) is 43.8. The summed E-state index contributed by atoms with van der Waals surface area (Å²) in [7, 11) is 0. The zero-order valence-electron chi connectivity index (χ0n) is 16.7. The van der Waals surface area contributed by atoms with E-state index in [9.17, 15) is 14.4 Å². The molecule has 1 aliphatic carbocycles. The fourth-order valence-electron chi connectivity index (χ4n) is 3.40. The van der Waals surface area contributed by atoms with Gasteiger partial charge in [0, 0.05) is 23.7 Å². The normalized spacial score (nSPS) is 12.9.